The van der Waals surface area contributed by atoms with Crippen LogP contribution < -0.4 is 10.6 Å². The number of hydrogen-bond acceptors (Lipinski definition) is 4. The van der Waals surface area contributed by atoms with Crippen LogP contribution >= 0.6 is 23.4 Å². The molecule has 0 unspecified atom stereocenters. The van der Waals surface area contributed by atoms with Crippen molar-refractivity contribution in [3.05, 3.63) is 88.4 Å². The SMILES string of the molecule is Cc1ccc(Cl)cc1NC(=O)CSc1ccc(NC(=O)c2ccccc2C(=O)O)cc1. The van der Waals surface area contributed by atoms with E-state index in [4.69, 9.17) is 11.6 Å². The first-order chi connectivity index (χ1) is 14.8. The maximum Gasteiger partial charge on any atom is 0.336 e. The van der Waals surface area contributed by atoms with E-state index in [-0.39, 0.29) is 22.8 Å². The van der Waals surface area contributed by atoms with Crippen LogP contribution in [0.1, 0.15) is 26.3 Å². The van der Waals surface area contributed by atoms with Crippen molar-refractivity contribution in [2.24, 2.45) is 0 Å². The zero-order chi connectivity index (χ0) is 22.4. The fourth-order valence-corrected chi connectivity index (χ4v) is 3.64. The van der Waals surface area contributed by atoms with Gasteiger partial charge in [-0.25, -0.2) is 4.79 Å². The molecule has 3 aromatic carbocycles. The Kier molecular flexibility index (Phi) is 7.33. The number of carboxylic acids is 1. The number of hydrogen-bond donors (Lipinski definition) is 3. The summed E-state index contributed by atoms with van der Waals surface area (Å²) in [6.07, 6.45) is 0. The van der Waals surface area contributed by atoms with Gasteiger partial charge in [0.1, 0.15) is 0 Å². The second-order valence-corrected chi connectivity index (χ2v) is 8.11. The van der Waals surface area contributed by atoms with Gasteiger partial charge in [-0.2, -0.15) is 0 Å². The molecule has 0 aliphatic rings. The lowest BCUT2D eigenvalue weighted by Gasteiger charge is -2.10. The molecule has 158 valence electrons. The molecule has 6 nitrogen and oxygen atoms in total. The van der Waals surface area contributed by atoms with Crippen molar-refractivity contribution in [2.45, 2.75) is 11.8 Å². The van der Waals surface area contributed by atoms with Crippen molar-refractivity contribution in [2.75, 3.05) is 16.4 Å². The van der Waals surface area contributed by atoms with Gasteiger partial charge < -0.3 is 15.7 Å². The summed E-state index contributed by atoms with van der Waals surface area (Å²) >= 11 is 7.32. The highest BCUT2D eigenvalue weighted by Crippen LogP contribution is 2.23. The second-order valence-electron chi connectivity index (χ2n) is 6.63. The largest absolute Gasteiger partial charge is 0.478 e. The van der Waals surface area contributed by atoms with Gasteiger partial charge in [-0.05, 0) is 61.0 Å². The summed E-state index contributed by atoms with van der Waals surface area (Å²) in [5.41, 5.74) is 2.15. The lowest BCUT2D eigenvalue weighted by Crippen LogP contribution is -2.16. The Balaban J connectivity index is 1.57. The first kappa shape index (κ1) is 22.4. The standard InChI is InChI=1S/C23H19ClN2O4S/c1-14-6-7-15(24)12-20(14)26-21(27)13-31-17-10-8-16(9-11-17)25-22(28)18-4-2-3-5-19(18)23(29)30/h2-12H,13H2,1H3,(H,25,28)(H,26,27)(H,29,30). The molecule has 0 heterocycles. The van der Waals surface area contributed by atoms with Gasteiger partial charge in [-0.3, -0.25) is 9.59 Å². The van der Waals surface area contributed by atoms with Crippen LogP contribution in [0.2, 0.25) is 5.02 Å². The number of anilines is 2. The number of aromatic carboxylic acids is 1. The maximum atomic E-state index is 12.4. The molecule has 0 spiro atoms. The maximum absolute atomic E-state index is 12.4. The highest BCUT2D eigenvalue weighted by atomic mass is 35.5. The van der Waals surface area contributed by atoms with Crippen LogP contribution in [0.3, 0.4) is 0 Å². The Labute approximate surface area is 188 Å². The number of rotatable bonds is 7. The zero-order valence-electron chi connectivity index (χ0n) is 16.5. The van der Waals surface area contributed by atoms with Crippen molar-refractivity contribution in [3.63, 3.8) is 0 Å². The number of benzene rings is 3. The van der Waals surface area contributed by atoms with Gasteiger partial charge in [0, 0.05) is 21.3 Å². The predicted octanol–water partition coefficient (Wildman–Crippen LogP) is 5.33. The minimum atomic E-state index is -1.16. The molecule has 0 aromatic heterocycles. The van der Waals surface area contributed by atoms with Crippen molar-refractivity contribution in [1.82, 2.24) is 0 Å². The van der Waals surface area contributed by atoms with Gasteiger partial charge in [0.25, 0.3) is 5.91 Å². The third kappa shape index (κ3) is 6.10. The molecule has 2 amide bonds. The Morgan fingerprint density at radius 3 is 2.29 bits per heavy atom. The molecule has 0 radical (unpaired) electrons. The van der Waals surface area contributed by atoms with E-state index >= 15 is 0 Å². The fourth-order valence-electron chi connectivity index (χ4n) is 2.76. The quantitative estimate of drug-likeness (QED) is 0.419. The molecule has 3 aromatic rings. The lowest BCUT2D eigenvalue weighted by atomic mass is 10.1. The molecule has 0 saturated heterocycles. The van der Waals surface area contributed by atoms with E-state index in [0.29, 0.717) is 16.4 Å². The van der Waals surface area contributed by atoms with Crippen molar-refractivity contribution in [1.29, 1.82) is 0 Å². The van der Waals surface area contributed by atoms with E-state index in [1.165, 1.54) is 23.9 Å². The molecule has 31 heavy (non-hydrogen) atoms. The third-order valence-corrected chi connectivity index (χ3v) is 5.61. The zero-order valence-corrected chi connectivity index (χ0v) is 18.1. The van der Waals surface area contributed by atoms with Crippen LogP contribution in [0, 0.1) is 6.92 Å². The molecule has 0 atom stereocenters. The molecule has 0 aliphatic carbocycles. The van der Waals surface area contributed by atoms with Gasteiger partial charge in [-0.15, -0.1) is 11.8 Å². The fraction of sp³-hybridized carbons (Fsp3) is 0.0870. The highest BCUT2D eigenvalue weighted by Gasteiger charge is 2.16. The average molecular weight is 455 g/mol. The second kappa shape index (κ2) is 10.1. The summed E-state index contributed by atoms with van der Waals surface area (Å²) in [6, 6.07) is 18.3. The molecule has 8 heteroatoms. The number of aryl methyl sites for hydroxylation is 1. The lowest BCUT2D eigenvalue weighted by molar-refractivity contribution is -0.113. The minimum Gasteiger partial charge on any atom is -0.478 e. The van der Waals surface area contributed by atoms with E-state index in [1.54, 1.807) is 48.5 Å². The molecule has 3 N–H and O–H groups in total. The summed E-state index contributed by atoms with van der Waals surface area (Å²) in [7, 11) is 0. The van der Waals surface area contributed by atoms with Crippen molar-refractivity contribution >= 4 is 52.5 Å². The Morgan fingerprint density at radius 1 is 0.935 bits per heavy atom. The third-order valence-electron chi connectivity index (χ3n) is 4.36. The van der Waals surface area contributed by atoms with Crippen molar-refractivity contribution < 1.29 is 19.5 Å². The van der Waals surface area contributed by atoms with E-state index in [0.717, 1.165) is 10.5 Å². The van der Waals surface area contributed by atoms with Gasteiger partial charge in [0.2, 0.25) is 5.91 Å². The molecule has 3 rings (SSSR count). The molecular formula is C23H19ClN2O4S. The van der Waals surface area contributed by atoms with Gasteiger partial charge in [0.05, 0.1) is 16.9 Å². The van der Waals surface area contributed by atoms with Crippen molar-refractivity contribution in [3.8, 4) is 0 Å². The van der Waals surface area contributed by atoms with Crippen LogP contribution in [-0.4, -0.2) is 28.6 Å². The van der Waals surface area contributed by atoms with Gasteiger partial charge >= 0.3 is 5.97 Å². The summed E-state index contributed by atoms with van der Waals surface area (Å²) < 4.78 is 0. The highest BCUT2D eigenvalue weighted by molar-refractivity contribution is 8.00. The summed E-state index contributed by atoms with van der Waals surface area (Å²) in [5.74, 6) is -1.61. The van der Waals surface area contributed by atoms with Crippen LogP contribution in [0.25, 0.3) is 0 Å². The Bertz CT molecular complexity index is 1130. The molecule has 0 saturated carbocycles. The molecule has 0 fully saturated rings. The molecule has 0 bridgehead atoms. The van der Waals surface area contributed by atoms with E-state index in [9.17, 15) is 19.5 Å². The number of thioether (sulfide) groups is 1. The van der Waals surface area contributed by atoms with E-state index in [1.807, 2.05) is 13.0 Å². The topological polar surface area (TPSA) is 95.5 Å². The van der Waals surface area contributed by atoms with Gasteiger partial charge in [0.15, 0.2) is 0 Å². The number of halogens is 1. The van der Waals surface area contributed by atoms with Gasteiger partial charge in [-0.1, -0.05) is 29.8 Å². The number of carboxylic acid groups (broad SMARTS) is 1. The number of carbonyl (C=O) groups excluding carboxylic acids is 2. The predicted molar refractivity (Wildman–Crippen MR) is 123 cm³/mol. The first-order valence-electron chi connectivity index (χ1n) is 9.26. The Morgan fingerprint density at radius 2 is 1.61 bits per heavy atom. The molecular weight excluding hydrogens is 436 g/mol. The number of carbonyl (C=O) groups is 3. The summed E-state index contributed by atoms with van der Waals surface area (Å²) in [5, 5.41) is 15.3. The number of amides is 2. The smallest absolute Gasteiger partial charge is 0.336 e. The normalized spacial score (nSPS) is 10.4. The minimum absolute atomic E-state index is 0.0619. The van der Waals surface area contributed by atoms with E-state index < -0.39 is 11.9 Å². The van der Waals surface area contributed by atoms with Crippen LogP contribution in [0.15, 0.2) is 71.6 Å². The first-order valence-corrected chi connectivity index (χ1v) is 10.6. The monoisotopic (exact) mass is 454 g/mol. The molecule has 0 aliphatic heterocycles. The van der Waals surface area contributed by atoms with Crippen LogP contribution in [-0.2, 0) is 4.79 Å². The average Bonchev–Trinajstić information content (AvgIpc) is 2.75. The van der Waals surface area contributed by atoms with Crippen LogP contribution in [0.5, 0.6) is 0 Å². The number of nitrogens with one attached hydrogen (secondary N) is 2. The summed E-state index contributed by atoms with van der Waals surface area (Å²) in [4.78, 5) is 36.8. The summed E-state index contributed by atoms with van der Waals surface area (Å²) in [6.45, 7) is 1.89. The van der Waals surface area contributed by atoms with Crippen LogP contribution in [0.4, 0.5) is 11.4 Å². The Hall–Kier alpha value is -3.29. The van der Waals surface area contributed by atoms with E-state index in [2.05, 4.69) is 10.6 Å².